The second-order valence-electron chi connectivity index (χ2n) is 14.2. The molecule has 0 heterocycles. The lowest BCUT2D eigenvalue weighted by Crippen LogP contribution is -2.50. The van der Waals surface area contributed by atoms with Crippen LogP contribution in [0.2, 0.25) is 0 Å². The molecule has 0 amide bonds. The van der Waals surface area contributed by atoms with Crippen LogP contribution >= 0.6 is 0 Å². The Kier molecular flexibility index (Phi) is 30.6. The summed E-state index contributed by atoms with van der Waals surface area (Å²) in [6.45, 7) is 4.65. The molecule has 0 aromatic heterocycles. The summed E-state index contributed by atoms with van der Waals surface area (Å²) in [5, 5.41) is 9.57. The Labute approximate surface area is 294 Å². The average Bonchev–Trinajstić information content (AvgIpc) is 3.03. The second-order valence-corrected chi connectivity index (χ2v) is 14.2. The quantitative estimate of drug-likeness (QED) is 0.0313. The summed E-state index contributed by atoms with van der Waals surface area (Å²) in [7, 11) is 5.51. The molecule has 8 heteroatoms. The summed E-state index contributed by atoms with van der Waals surface area (Å²) in [6, 6.07) is -0.614. The van der Waals surface area contributed by atoms with Gasteiger partial charge in [-0.3, -0.25) is 9.59 Å². The van der Waals surface area contributed by atoms with Crippen LogP contribution in [0.3, 0.4) is 0 Å². The molecule has 0 radical (unpaired) electrons. The van der Waals surface area contributed by atoms with E-state index in [9.17, 15) is 19.5 Å². The van der Waals surface area contributed by atoms with Crippen LogP contribution in [-0.4, -0.2) is 80.6 Å². The first-order valence-electron chi connectivity index (χ1n) is 19.4. The summed E-state index contributed by atoms with van der Waals surface area (Å²) in [5.41, 5.74) is 0. The number of carboxylic acid groups (broad SMARTS) is 1. The molecule has 0 aromatic carbocycles. The number of aliphatic carboxylic acids is 1. The molecule has 1 N–H and O–H groups in total. The van der Waals surface area contributed by atoms with Gasteiger partial charge in [0, 0.05) is 19.3 Å². The summed E-state index contributed by atoms with van der Waals surface area (Å²) in [5.74, 6) is -1.50. The first kappa shape index (κ1) is 45.8. The van der Waals surface area contributed by atoms with Gasteiger partial charge in [0.15, 0.2) is 12.1 Å². The maximum Gasteiger partial charge on any atom is 0.362 e. The van der Waals surface area contributed by atoms with E-state index >= 15 is 0 Å². The molecule has 48 heavy (non-hydrogen) atoms. The number of carbonyl (C=O) groups is 3. The van der Waals surface area contributed by atoms with Crippen LogP contribution in [0.5, 0.6) is 0 Å². The van der Waals surface area contributed by atoms with Gasteiger partial charge in [-0.2, -0.15) is 0 Å². The number of allylic oxidation sites excluding steroid dienone is 4. The molecule has 280 valence electrons. The van der Waals surface area contributed by atoms with Gasteiger partial charge in [0.2, 0.25) is 0 Å². The van der Waals surface area contributed by atoms with Crippen LogP contribution in [-0.2, 0) is 28.6 Å². The molecule has 0 saturated carbocycles. The lowest BCUT2D eigenvalue weighted by atomic mass is 10.1. The minimum atomic E-state index is -0.879. The first-order valence-corrected chi connectivity index (χ1v) is 19.4. The van der Waals surface area contributed by atoms with Crippen molar-refractivity contribution in [3.63, 3.8) is 0 Å². The second kappa shape index (κ2) is 32.0. The third-order valence-corrected chi connectivity index (χ3v) is 8.57. The number of esters is 2. The summed E-state index contributed by atoms with van der Waals surface area (Å²) < 4.78 is 17.2. The van der Waals surface area contributed by atoms with Crippen molar-refractivity contribution in [1.29, 1.82) is 0 Å². The lowest BCUT2D eigenvalue weighted by molar-refractivity contribution is -0.887. The lowest BCUT2D eigenvalue weighted by Gasteiger charge is -2.31. The van der Waals surface area contributed by atoms with E-state index in [1.54, 1.807) is 0 Å². The smallest absolute Gasteiger partial charge is 0.362 e. The van der Waals surface area contributed by atoms with Crippen LogP contribution < -0.4 is 0 Å². The molecule has 0 rings (SSSR count). The predicted octanol–water partition coefficient (Wildman–Crippen LogP) is 9.74. The van der Waals surface area contributed by atoms with Crippen molar-refractivity contribution >= 4 is 17.9 Å². The number of hydrogen-bond acceptors (Lipinski definition) is 6. The van der Waals surface area contributed by atoms with E-state index in [4.69, 9.17) is 14.2 Å². The van der Waals surface area contributed by atoms with Crippen LogP contribution in [0.25, 0.3) is 0 Å². The molecule has 0 aliphatic heterocycles. The third-order valence-electron chi connectivity index (χ3n) is 8.57. The zero-order valence-electron chi connectivity index (χ0n) is 31.7. The van der Waals surface area contributed by atoms with Crippen molar-refractivity contribution in [2.45, 2.75) is 174 Å². The van der Waals surface area contributed by atoms with E-state index in [-0.39, 0.29) is 36.2 Å². The Hall–Kier alpha value is -2.19. The topological polar surface area (TPSA) is 99.1 Å². The fourth-order valence-electron chi connectivity index (χ4n) is 5.48. The molecule has 0 aromatic rings. The molecule has 0 aliphatic carbocycles. The van der Waals surface area contributed by atoms with Gasteiger partial charge < -0.3 is 23.8 Å². The molecule has 2 atom stereocenters. The van der Waals surface area contributed by atoms with Crippen LogP contribution in [0, 0.1) is 0 Å². The van der Waals surface area contributed by atoms with Gasteiger partial charge in [-0.1, -0.05) is 109 Å². The average molecular weight is 681 g/mol. The van der Waals surface area contributed by atoms with Crippen molar-refractivity contribution in [3.8, 4) is 0 Å². The Balaban J connectivity index is 4.45. The van der Waals surface area contributed by atoms with E-state index in [0.29, 0.717) is 19.3 Å². The number of unbranched alkanes of at least 4 members (excludes halogenated alkanes) is 16. The zero-order chi connectivity index (χ0) is 35.7. The van der Waals surface area contributed by atoms with Gasteiger partial charge in [-0.05, 0) is 57.8 Å². The van der Waals surface area contributed by atoms with E-state index in [1.807, 2.05) is 21.1 Å². The van der Waals surface area contributed by atoms with Gasteiger partial charge in [-0.15, -0.1) is 0 Å². The number of nitrogens with zero attached hydrogens (tertiary/aromatic N) is 1. The van der Waals surface area contributed by atoms with E-state index in [0.717, 1.165) is 64.2 Å². The summed E-state index contributed by atoms with van der Waals surface area (Å²) in [4.78, 5) is 36.7. The van der Waals surface area contributed by atoms with Crippen molar-refractivity contribution in [2.75, 3.05) is 41.0 Å². The fraction of sp³-hybridized carbons (Fsp3) is 0.825. The molecule has 0 saturated heterocycles. The zero-order valence-corrected chi connectivity index (χ0v) is 31.7. The molecule has 2 unspecified atom stereocenters. The molecule has 0 spiro atoms. The largest absolute Gasteiger partial charge is 0.477 e. The number of likely N-dealkylation sites (N-methyl/N-ethyl adjacent to an activating group) is 1. The highest BCUT2D eigenvalue weighted by molar-refractivity contribution is 5.72. The molecule has 8 nitrogen and oxygen atoms in total. The van der Waals surface area contributed by atoms with Crippen LogP contribution in [0.4, 0.5) is 0 Å². The van der Waals surface area contributed by atoms with Crippen LogP contribution in [0.1, 0.15) is 162 Å². The van der Waals surface area contributed by atoms with Crippen molar-refractivity contribution < 1.29 is 38.2 Å². The SMILES string of the molecule is CCCC/C=C/CCCCCCCC(=O)OC(COCCC(C(=O)O)[N+](C)(C)C)COC(=O)CCCCC/C=C/CCCCCCCC. The predicted molar refractivity (Wildman–Crippen MR) is 197 cm³/mol. The number of quaternary nitrogens is 1. The van der Waals surface area contributed by atoms with Crippen molar-refractivity contribution in [3.05, 3.63) is 24.3 Å². The van der Waals surface area contributed by atoms with Crippen LogP contribution in [0.15, 0.2) is 24.3 Å². The minimum Gasteiger partial charge on any atom is -0.477 e. The third kappa shape index (κ3) is 29.9. The number of carboxylic acids is 1. The minimum absolute atomic E-state index is 0.0549. The first-order chi connectivity index (χ1) is 23.1. The number of hydrogen-bond donors (Lipinski definition) is 1. The van der Waals surface area contributed by atoms with Gasteiger partial charge in [0.05, 0.1) is 34.4 Å². The number of ether oxygens (including phenoxy) is 3. The normalized spacial score (nSPS) is 13.3. The maximum absolute atomic E-state index is 12.6. The highest BCUT2D eigenvalue weighted by atomic mass is 16.6. The molecular formula is C40H74NO7+. The Bertz CT molecular complexity index is 849. The molecule has 0 aliphatic rings. The number of rotatable bonds is 34. The van der Waals surface area contributed by atoms with Gasteiger partial charge in [0.25, 0.3) is 0 Å². The highest BCUT2D eigenvalue weighted by Gasteiger charge is 2.31. The van der Waals surface area contributed by atoms with E-state index < -0.39 is 18.1 Å². The van der Waals surface area contributed by atoms with E-state index in [2.05, 4.69) is 38.2 Å². The summed E-state index contributed by atoms with van der Waals surface area (Å²) in [6.07, 6.45) is 32.2. The Morgan fingerprint density at radius 2 is 1.06 bits per heavy atom. The highest BCUT2D eigenvalue weighted by Crippen LogP contribution is 2.13. The Morgan fingerprint density at radius 3 is 1.58 bits per heavy atom. The molecule has 0 bridgehead atoms. The molecular weight excluding hydrogens is 606 g/mol. The van der Waals surface area contributed by atoms with Gasteiger partial charge in [-0.25, -0.2) is 4.79 Å². The van der Waals surface area contributed by atoms with Gasteiger partial charge >= 0.3 is 17.9 Å². The van der Waals surface area contributed by atoms with E-state index in [1.165, 1.54) is 64.2 Å². The van der Waals surface area contributed by atoms with Crippen molar-refractivity contribution in [1.82, 2.24) is 0 Å². The molecule has 0 fully saturated rings. The number of carbonyl (C=O) groups excluding carboxylic acids is 2. The monoisotopic (exact) mass is 681 g/mol. The van der Waals surface area contributed by atoms with Gasteiger partial charge in [0.1, 0.15) is 6.61 Å². The fourth-order valence-corrected chi connectivity index (χ4v) is 5.48. The summed E-state index contributed by atoms with van der Waals surface area (Å²) >= 11 is 0. The Morgan fingerprint density at radius 1 is 0.604 bits per heavy atom. The maximum atomic E-state index is 12.6. The standard InChI is InChI=1S/C40H73NO7/c1-6-8-10-12-14-16-18-19-21-22-24-26-28-30-38(42)47-35-36(34-46-33-32-37(40(44)45)41(3,4)5)48-39(43)31-29-27-25-23-20-17-15-13-11-9-7-2/h13,15,19,21,36-37H,6-12,14,16-18,20,22-35H2,1-5H3/p+1/b15-13+,21-19+. The van der Waals surface area contributed by atoms with Crippen molar-refractivity contribution in [2.24, 2.45) is 0 Å².